The van der Waals surface area contributed by atoms with Crippen molar-refractivity contribution in [2.75, 3.05) is 6.54 Å². The smallest absolute Gasteiger partial charge is 0.0568 e. The highest BCUT2D eigenvalue weighted by Crippen LogP contribution is 2.28. The molecule has 0 aromatic carbocycles. The largest absolute Gasteiger partial charge is 0.393 e. The van der Waals surface area contributed by atoms with Crippen LogP contribution in [0.1, 0.15) is 43.4 Å². The van der Waals surface area contributed by atoms with Crippen LogP contribution in [0.4, 0.5) is 0 Å². The van der Waals surface area contributed by atoms with Gasteiger partial charge in [-0.2, -0.15) is 0 Å². The Morgan fingerprint density at radius 1 is 1.33 bits per heavy atom. The highest BCUT2D eigenvalue weighted by atomic mass is 32.1. The summed E-state index contributed by atoms with van der Waals surface area (Å²) in [6, 6.07) is 4.32. The second-order valence-electron chi connectivity index (χ2n) is 6.06. The summed E-state index contributed by atoms with van der Waals surface area (Å²) < 4.78 is 1.26. The number of nitrogens with one attached hydrogen (secondary N) is 1. The zero-order valence-electron chi connectivity index (χ0n) is 12.4. The van der Waals surface area contributed by atoms with E-state index in [2.05, 4.69) is 22.4 Å². The number of pyridine rings is 1. The summed E-state index contributed by atoms with van der Waals surface area (Å²) >= 11 is 1.82. The van der Waals surface area contributed by atoms with E-state index in [1.54, 1.807) is 0 Å². The lowest BCUT2D eigenvalue weighted by Gasteiger charge is -2.27. The molecule has 2 aromatic heterocycles. The van der Waals surface area contributed by atoms with Gasteiger partial charge in [0.1, 0.15) is 0 Å². The number of aromatic nitrogens is 1. The van der Waals surface area contributed by atoms with Crippen molar-refractivity contribution in [2.24, 2.45) is 5.92 Å². The average Bonchev–Trinajstić information content (AvgIpc) is 2.91. The maximum Gasteiger partial charge on any atom is 0.0568 e. The Labute approximate surface area is 130 Å². The van der Waals surface area contributed by atoms with Crippen LogP contribution in [0.2, 0.25) is 0 Å². The first-order valence-corrected chi connectivity index (χ1v) is 8.86. The molecular weight excluding hydrogens is 280 g/mol. The van der Waals surface area contributed by atoms with Gasteiger partial charge in [0.15, 0.2) is 0 Å². The third-order valence-electron chi connectivity index (χ3n) is 4.47. The molecule has 1 saturated carbocycles. The molecule has 1 aliphatic rings. The van der Waals surface area contributed by atoms with Crippen molar-refractivity contribution in [3.8, 4) is 0 Å². The number of thiophene rings is 1. The number of rotatable bonds is 6. The number of aliphatic hydroxyl groups excluding tert-OH is 1. The van der Waals surface area contributed by atoms with E-state index in [9.17, 15) is 5.11 Å². The maximum atomic E-state index is 9.96. The van der Waals surface area contributed by atoms with E-state index in [0.717, 1.165) is 32.4 Å². The molecule has 2 heterocycles. The van der Waals surface area contributed by atoms with Crippen molar-refractivity contribution in [1.29, 1.82) is 0 Å². The van der Waals surface area contributed by atoms with E-state index in [1.165, 1.54) is 34.2 Å². The number of hydrogen-bond acceptors (Lipinski definition) is 4. The second kappa shape index (κ2) is 7.34. The molecule has 2 unspecified atom stereocenters. The molecule has 114 valence electrons. The first-order valence-electron chi connectivity index (χ1n) is 8.04. The van der Waals surface area contributed by atoms with Crippen molar-refractivity contribution in [1.82, 2.24) is 10.3 Å². The molecule has 3 rings (SSSR count). The molecule has 1 fully saturated rings. The van der Waals surface area contributed by atoms with Crippen molar-refractivity contribution < 1.29 is 5.11 Å². The first-order chi connectivity index (χ1) is 10.3. The lowest BCUT2D eigenvalue weighted by atomic mass is 9.83. The molecule has 2 N–H and O–H groups in total. The van der Waals surface area contributed by atoms with Crippen LogP contribution in [0.3, 0.4) is 0 Å². The third kappa shape index (κ3) is 4.02. The summed E-state index contributed by atoms with van der Waals surface area (Å²) in [5.74, 6) is 0.538. The van der Waals surface area contributed by atoms with Gasteiger partial charge < -0.3 is 10.4 Å². The van der Waals surface area contributed by atoms with Gasteiger partial charge in [-0.3, -0.25) is 4.98 Å². The quantitative estimate of drug-likeness (QED) is 0.800. The van der Waals surface area contributed by atoms with Crippen LogP contribution < -0.4 is 5.32 Å². The van der Waals surface area contributed by atoms with Crippen LogP contribution >= 0.6 is 11.3 Å². The number of hydrogen-bond donors (Lipinski definition) is 2. The fourth-order valence-electron chi connectivity index (χ4n) is 3.25. The van der Waals surface area contributed by atoms with Crippen LogP contribution in [0.25, 0.3) is 10.1 Å². The maximum absolute atomic E-state index is 9.96. The molecule has 1 aliphatic carbocycles. The van der Waals surface area contributed by atoms with Gasteiger partial charge in [0.05, 0.1) is 10.8 Å². The molecule has 0 spiro atoms. The molecule has 2 aromatic rings. The molecule has 3 nitrogen and oxygen atoms in total. The van der Waals surface area contributed by atoms with Crippen LogP contribution in [0.5, 0.6) is 0 Å². The Bertz CT molecular complexity index is 536. The first kappa shape index (κ1) is 14.9. The number of nitrogens with zero attached hydrogens (tertiary/aromatic N) is 1. The van der Waals surface area contributed by atoms with E-state index in [4.69, 9.17) is 0 Å². The predicted molar refractivity (Wildman–Crippen MR) is 88.5 cm³/mol. The Hall–Kier alpha value is -0.970. The van der Waals surface area contributed by atoms with Crippen molar-refractivity contribution in [3.63, 3.8) is 0 Å². The van der Waals surface area contributed by atoms with Crippen LogP contribution in [0, 0.1) is 5.92 Å². The Kier molecular flexibility index (Phi) is 5.22. The SMILES string of the molecule is OC1CCCCC1CCCNCc1cc2ccncc2s1. The minimum absolute atomic E-state index is 0.0474. The molecule has 0 amide bonds. The molecule has 2 atom stereocenters. The molecule has 0 radical (unpaired) electrons. The van der Waals surface area contributed by atoms with Gasteiger partial charge in [-0.1, -0.05) is 12.8 Å². The van der Waals surface area contributed by atoms with E-state index in [1.807, 2.05) is 23.7 Å². The number of aliphatic hydroxyl groups is 1. The predicted octanol–water partition coefficient (Wildman–Crippen LogP) is 3.72. The zero-order chi connectivity index (χ0) is 14.5. The van der Waals surface area contributed by atoms with E-state index >= 15 is 0 Å². The zero-order valence-corrected chi connectivity index (χ0v) is 13.2. The highest BCUT2D eigenvalue weighted by molar-refractivity contribution is 7.19. The van der Waals surface area contributed by atoms with Gasteiger partial charge in [-0.05, 0) is 55.7 Å². The third-order valence-corrected chi connectivity index (χ3v) is 5.56. The summed E-state index contributed by atoms with van der Waals surface area (Å²) in [5, 5.41) is 14.8. The van der Waals surface area contributed by atoms with Gasteiger partial charge in [-0.15, -0.1) is 11.3 Å². The molecule has 0 bridgehead atoms. The Balaban J connectivity index is 1.38. The summed E-state index contributed by atoms with van der Waals surface area (Å²) in [7, 11) is 0. The van der Waals surface area contributed by atoms with Crippen LogP contribution in [0.15, 0.2) is 24.5 Å². The summed E-state index contributed by atoms with van der Waals surface area (Å²) in [4.78, 5) is 5.53. The summed E-state index contributed by atoms with van der Waals surface area (Å²) in [6.45, 7) is 1.97. The number of fused-ring (bicyclic) bond motifs is 1. The van der Waals surface area contributed by atoms with Crippen LogP contribution in [-0.2, 0) is 6.54 Å². The fraction of sp³-hybridized carbons (Fsp3) is 0.588. The summed E-state index contributed by atoms with van der Waals surface area (Å²) in [6.07, 6.45) is 10.8. The van der Waals surface area contributed by atoms with Gasteiger partial charge in [-0.25, -0.2) is 0 Å². The molecule has 4 heteroatoms. The molecular formula is C17H24N2OS. The average molecular weight is 304 g/mol. The minimum atomic E-state index is -0.0474. The standard InChI is InChI=1S/C17H24N2OS/c20-16-6-2-1-4-13(16)5-3-8-18-11-15-10-14-7-9-19-12-17(14)21-15/h7,9-10,12-13,16,18,20H,1-6,8,11H2. The van der Waals surface area contributed by atoms with E-state index < -0.39 is 0 Å². The summed E-state index contributed by atoms with van der Waals surface area (Å²) in [5.41, 5.74) is 0. The topological polar surface area (TPSA) is 45.1 Å². The van der Waals surface area contributed by atoms with Crippen LogP contribution in [-0.4, -0.2) is 22.7 Å². The molecule has 0 aliphatic heterocycles. The Morgan fingerprint density at radius 3 is 3.10 bits per heavy atom. The van der Waals surface area contributed by atoms with Crippen molar-refractivity contribution in [2.45, 2.75) is 51.2 Å². The minimum Gasteiger partial charge on any atom is -0.393 e. The van der Waals surface area contributed by atoms with Crippen molar-refractivity contribution >= 4 is 21.4 Å². The highest BCUT2D eigenvalue weighted by Gasteiger charge is 2.21. The Morgan fingerprint density at radius 2 is 2.24 bits per heavy atom. The molecule has 21 heavy (non-hydrogen) atoms. The van der Waals surface area contributed by atoms with E-state index in [0.29, 0.717) is 5.92 Å². The van der Waals surface area contributed by atoms with Gasteiger partial charge >= 0.3 is 0 Å². The lowest BCUT2D eigenvalue weighted by Crippen LogP contribution is -2.25. The monoisotopic (exact) mass is 304 g/mol. The van der Waals surface area contributed by atoms with Crippen molar-refractivity contribution in [3.05, 3.63) is 29.4 Å². The van der Waals surface area contributed by atoms with Gasteiger partial charge in [0.2, 0.25) is 0 Å². The molecule has 0 saturated heterocycles. The van der Waals surface area contributed by atoms with E-state index in [-0.39, 0.29) is 6.10 Å². The van der Waals surface area contributed by atoms with Gasteiger partial charge in [0.25, 0.3) is 0 Å². The van der Waals surface area contributed by atoms with Gasteiger partial charge in [0, 0.05) is 23.8 Å². The fourth-order valence-corrected chi connectivity index (χ4v) is 4.25. The normalized spacial score (nSPS) is 22.7. The lowest BCUT2D eigenvalue weighted by molar-refractivity contribution is 0.0643. The second-order valence-corrected chi connectivity index (χ2v) is 7.23.